The number of rotatable bonds is 6. The number of hydrogen-bond donors (Lipinski definition) is 1. The van der Waals surface area contributed by atoms with Crippen LogP contribution in [-0.2, 0) is 4.79 Å². The predicted molar refractivity (Wildman–Crippen MR) is 79.1 cm³/mol. The number of amides is 1. The van der Waals surface area contributed by atoms with Crippen LogP contribution in [0.15, 0.2) is 22.7 Å². The molecule has 0 radical (unpaired) electrons. The fourth-order valence-corrected chi connectivity index (χ4v) is 2.29. The van der Waals surface area contributed by atoms with Gasteiger partial charge in [-0.3, -0.25) is 9.59 Å². The molecule has 1 rings (SSSR count). The fraction of sp³-hybridized carbons (Fsp3) is 0.429. The summed E-state index contributed by atoms with van der Waals surface area (Å²) in [6.07, 6.45) is 0. The van der Waals surface area contributed by atoms with Crippen LogP contribution < -0.4 is 4.74 Å². The van der Waals surface area contributed by atoms with Gasteiger partial charge in [-0.1, -0.05) is 6.92 Å². The molecule has 1 amide bonds. The number of carboxylic acids is 1. The van der Waals surface area contributed by atoms with E-state index in [1.165, 1.54) is 4.90 Å². The Labute approximate surface area is 126 Å². The molecule has 6 heteroatoms. The standard InChI is InChI=1S/C14H18BrNO4/c1-4-16(8-9(2)14(18)19)13(17)10-5-6-12(20-3)11(15)7-10/h5-7,9H,4,8H2,1-3H3,(H,18,19). The van der Waals surface area contributed by atoms with Gasteiger partial charge in [-0.25, -0.2) is 0 Å². The Hall–Kier alpha value is -1.56. The van der Waals surface area contributed by atoms with Crippen LogP contribution in [0.2, 0.25) is 0 Å². The van der Waals surface area contributed by atoms with Crippen molar-refractivity contribution >= 4 is 27.8 Å². The van der Waals surface area contributed by atoms with Gasteiger partial charge in [0.05, 0.1) is 17.5 Å². The smallest absolute Gasteiger partial charge is 0.308 e. The second kappa shape index (κ2) is 7.28. The molecule has 20 heavy (non-hydrogen) atoms. The zero-order chi connectivity index (χ0) is 15.3. The molecule has 0 fully saturated rings. The molecule has 110 valence electrons. The van der Waals surface area contributed by atoms with Crippen molar-refractivity contribution < 1.29 is 19.4 Å². The lowest BCUT2D eigenvalue weighted by Gasteiger charge is -2.23. The summed E-state index contributed by atoms with van der Waals surface area (Å²) in [4.78, 5) is 24.8. The van der Waals surface area contributed by atoms with Crippen LogP contribution in [0.25, 0.3) is 0 Å². The molecule has 0 heterocycles. The van der Waals surface area contributed by atoms with Crippen LogP contribution in [0.5, 0.6) is 5.75 Å². The average Bonchev–Trinajstić information content (AvgIpc) is 2.43. The van der Waals surface area contributed by atoms with E-state index in [0.717, 1.165) is 0 Å². The van der Waals surface area contributed by atoms with E-state index < -0.39 is 11.9 Å². The number of carboxylic acid groups (broad SMARTS) is 1. The van der Waals surface area contributed by atoms with Crippen LogP contribution >= 0.6 is 15.9 Å². The molecule has 0 aromatic heterocycles. The number of hydrogen-bond acceptors (Lipinski definition) is 3. The summed E-state index contributed by atoms with van der Waals surface area (Å²) in [5, 5.41) is 8.93. The molecule has 0 aliphatic carbocycles. The Balaban J connectivity index is 2.91. The molecule has 0 bridgehead atoms. The summed E-state index contributed by atoms with van der Waals surface area (Å²) >= 11 is 3.33. The Bertz CT molecular complexity index is 504. The molecule has 0 aliphatic rings. The number of methoxy groups -OCH3 is 1. The summed E-state index contributed by atoms with van der Waals surface area (Å²) in [6, 6.07) is 5.04. The van der Waals surface area contributed by atoms with Crippen molar-refractivity contribution in [1.29, 1.82) is 0 Å². The lowest BCUT2D eigenvalue weighted by atomic mass is 10.1. The number of benzene rings is 1. The molecule has 1 aromatic carbocycles. The van der Waals surface area contributed by atoms with Crippen molar-refractivity contribution in [2.75, 3.05) is 20.2 Å². The SMILES string of the molecule is CCN(CC(C)C(=O)O)C(=O)c1ccc(OC)c(Br)c1. The number of ether oxygens (including phenoxy) is 1. The summed E-state index contributed by atoms with van der Waals surface area (Å²) < 4.78 is 5.80. The molecular weight excluding hydrogens is 326 g/mol. The van der Waals surface area contributed by atoms with E-state index in [1.807, 2.05) is 6.92 Å². The minimum Gasteiger partial charge on any atom is -0.496 e. The van der Waals surface area contributed by atoms with Gasteiger partial charge in [0.15, 0.2) is 0 Å². The van der Waals surface area contributed by atoms with E-state index in [4.69, 9.17) is 9.84 Å². The summed E-state index contributed by atoms with van der Waals surface area (Å²) in [5.41, 5.74) is 0.497. The second-order valence-electron chi connectivity index (χ2n) is 4.43. The Morgan fingerprint density at radius 1 is 1.45 bits per heavy atom. The molecule has 1 atom stereocenters. The maximum Gasteiger partial charge on any atom is 0.308 e. The van der Waals surface area contributed by atoms with Gasteiger partial charge < -0.3 is 14.7 Å². The van der Waals surface area contributed by atoms with Gasteiger partial charge in [-0.15, -0.1) is 0 Å². The Kier molecular flexibility index (Phi) is 6.01. The fourth-order valence-electron chi connectivity index (χ4n) is 1.75. The average molecular weight is 344 g/mol. The van der Waals surface area contributed by atoms with E-state index in [2.05, 4.69) is 15.9 Å². The maximum atomic E-state index is 12.4. The minimum atomic E-state index is -0.910. The first kappa shape index (κ1) is 16.5. The monoisotopic (exact) mass is 343 g/mol. The lowest BCUT2D eigenvalue weighted by molar-refractivity contribution is -0.141. The first-order valence-corrected chi connectivity index (χ1v) is 7.05. The highest BCUT2D eigenvalue weighted by atomic mass is 79.9. The molecule has 0 saturated carbocycles. The van der Waals surface area contributed by atoms with Crippen molar-refractivity contribution in [2.45, 2.75) is 13.8 Å². The second-order valence-corrected chi connectivity index (χ2v) is 5.29. The van der Waals surface area contributed by atoms with Gasteiger partial charge in [-0.2, -0.15) is 0 Å². The molecule has 0 aliphatic heterocycles. The van der Waals surface area contributed by atoms with E-state index in [9.17, 15) is 9.59 Å². The van der Waals surface area contributed by atoms with E-state index in [-0.39, 0.29) is 12.5 Å². The number of carbonyl (C=O) groups excluding carboxylic acids is 1. The number of aliphatic carboxylic acids is 1. The highest BCUT2D eigenvalue weighted by Crippen LogP contribution is 2.26. The molecule has 1 N–H and O–H groups in total. The summed E-state index contributed by atoms with van der Waals surface area (Å²) in [6.45, 7) is 4.06. The summed E-state index contributed by atoms with van der Waals surface area (Å²) in [5.74, 6) is -1.06. The van der Waals surface area contributed by atoms with Crippen molar-refractivity contribution in [3.8, 4) is 5.75 Å². The van der Waals surface area contributed by atoms with Crippen LogP contribution in [0.4, 0.5) is 0 Å². The van der Waals surface area contributed by atoms with Crippen molar-refractivity contribution in [2.24, 2.45) is 5.92 Å². The van der Waals surface area contributed by atoms with Gasteiger partial charge in [0.2, 0.25) is 0 Å². The molecular formula is C14H18BrNO4. The van der Waals surface area contributed by atoms with Gasteiger partial charge >= 0.3 is 5.97 Å². The van der Waals surface area contributed by atoms with Crippen molar-refractivity contribution in [3.63, 3.8) is 0 Å². The predicted octanol–water partition coefficient (Wildman–Crippen LogP) is 2.64. The minimum absolute atomic E-state index is 0.189. The topological polar surface area (TPSA) is 66.8 Å². The summed E-state index contributed by atoms with van der Waals surface area (Å²) in [7, 11) is 1.55. The van der Waals surface area contributed by atoms with Crippen LogP contribution in [-0.4, -0.2) is 42.1 Å². The third-order valence-electron chi connectivity index (χ3n) is 2.98. The van der Waals surface area contributed by atoms with E-state index in [1.54, 1.807) is 32.2 Å². The Morgan fingerprint density at radius 3 is 2.55 bits per heavy atom. The van der Waals surface area contributed by atoms with Gasteiger partial charge in [-0.05, 0) is 41.1 Å². The molecule has 1 aromatic rings. The van der Waals surface area contributed by atoms with Gasteiger partial charge in [0.1, 0.15) is 5.75 Å². The van der Waals surface area contributed by atoms with Gasteiger partial charge in [0.25, 0.3) is 5.91 Å². The van der Waals surface area contributed by atoms with E-state index in [0.29, 0.717) is 22.3 Å². The van der Waals surface area contributed by atoms with Crippen molar-refractivity contribution in [3.05, 3.63) is 28.2 Å². The quantitative estimate of drug-likeness (QED) is 0.862. The lowest BCUT2D eigenvalue weighted by Crippen LogP contribution is -2.36. The molecule has 5 nitrogen and oxygen atoms in total. The first-order chi connectivity index (χ1) is 9.40. The van der Waals surface area contributed by atoms with E-state index >= 15 is 0 Å². The van der Waals surface area contributed by atoms with Crippen LogP contribution in [0, 0.1) is 5.92 Å². The zero-order valence-electron chi connectivity index (χ0n) is 11.7. The largest absolute Gasteiger partial charge is 0.496 e. The first-order valence-electron chi connectivity index (χ1n) is 6.26. The molecule has 0 spiro atoms. The van der Waals surface area contributed by atoms with Crippen LogP contribution in [0.1, 0.15) is 24.2 Å². The highest BCUT2D eigenvalue weighted by Gasteiger charge is 2.21. The number of nitrogens with zero attached hydrogens (tertiary/aromatic N) is 1. The normalized spacial score (nSPS) is 11.8. The van der Waals surface area contributed by atoms with Crippen LogP contribution in [0.3, 0.4) is 0 Å². The number of carbonyl (C=O) groups is 2. The van der Waals surface area contributed by atoms with Gasteiger partial charge in [0, 0.05) is 18.7 Å². The third-order valence-corrected chi connectivity index (χ3v) is 3.60. The van der Waals surface area contributed by atoms with Crippen molar-refractivity contribution in [1.82, 2.24) is 4.90 Å². The third kappa shape index (κ3) is 3.96. The zero-order valence-corrected chi connectivity index (χ0v) is 13.3. The molecule has 1 unspecified atom stereocenters. The molecule has 0 saturated heterocycles. The highest BCUT2D eigenvalue weighted by molar-refractivity contribution is 9.10. The maximum absolute atomic E-state index is 12.4. The number of halogens is 1. The Morgan fingerprint density at radius 2 is 2.10 bits per heavy atom.